The highest BCUT2D eigenvalue weighted by Crippen LogP contribution is 2.41. The number of pyridine rings is 1. The van der Waals surface area contributed by atoms with Gasteiger partial charge in [-0.1, -0.05) is 117 Å². The van der Waals surface area contributed by atoms with E-state index in [-0.39, 0.29) is 0 Å². The SMILES string of the molecule is CC(C)c1ccc(-c2cc[n+](Cc3ccccc3)cc2)cc1.FC(F)(F)c1cc([B-](c2cc(C(F)(F)F)cc(C(F)(F)F)c2)(c2cc(C(F)(F)F)cc(C(F)(F)F)c2)c2cc(C(F)(F)F)cc(C(F)(F)F)c2)cc(C(F)(F)F)c1. The largest absolute Gasteiger partial charge is 0.416 e. The zero-order chi connectivity index (χ0) is 59.3. The molecule has 6 aromatic carbocycles. The molecular formula is C53H34BF24N. The Morgan fingerprint density at radius 3 is 0.785 bits per heavy atom. The molecule has 1 aromatic heterocycles. The van der Waals surface area contributed by atoms with Gasteiger partial charge in [-0.2, -0.15) is 127 Å². The smallest absolute Gasteiger partial charge is 0.201 e. The maximum atomic E-state index is 14.2. The van der Waals surface area contributed by atoms with Gasteiger partial charge < -0.3 is 0 Å². The van der Waals surface area contributed by atoms with Gasteiger partial charge in [0.2, 0.25) is 0 Å². The van der Waals surface area contributed by atoms with Gasteiger partial charge in [-0.25, -0.2) is 4.57 Å². The molecule has 0 saturated heterocycles. The Morgan fingerprint density at radius 1 is 0.316 bits per heavy atom. The van der Waals surface area contributed by atoms with Crippen LogP contribution >= 0.6 is 0 Å². The molecule has 1 heterocycles. The Balaban J connectivity index is 0.000000378. The van der Waals surface area contributed by atoms with Crippen molar-refractivity contribution in [1.82, 2.24) is 0 Å². The van der Waals surface area contributed by atoms with Crippen molar-refractivity contribution in [1.29, 1.82) is 0 Å². The van der Waals surface area contributed by atoms with Crippen molar-refractivity contribution in [2.45, 2.75) is 75.7 Å². The van der Waals surface area contributed by atoms with Crippen LogP contribution in [0.1, 0.15) is 75.4 Å². The predicted molar refractivity (Wildman–Crippen MR) is 242 cm³/mol. The summed E-state index contributed by atoms with van der Waals surface area (Å²) >= 11 is 0. The van der Waals surface area contributed by atoms with Crippen molar-refractivity contribution in [3.05, 3.63) is 208 Å². The lowest BCUT2D eigenvalue weighted by molar-refractivity contribution is -0.688. The second kappa shape index (κ2) is 21.5. The van der Waals surface area contributed by atoms with Gasteiger partial charge >= 0.3 is 49.4 Å². The van der Waals surface area contributed by atoms with E-state index >= 15 is 0 Å². The average molecular weight is 1150 g/mol. The Kier molecular flexibility index (Phi) is 16.6. The fourth-order valence-corrected chi connectivity index (χ4v) is 8.68. The molecule has 1 nitrogen and oxygen atoms in total. The molecule has 7 aromatic rings. The summed E-state index contributed by atoms with van der Waals surface area (Å²) in [6.45, 7) is 5.36. The lowest BCUT2D eigenvalue weighted by Crippen LogP contribution is -2.75. The second-order valence-corrected chi connectivity index (χ2v) is 18.2. The monoisotopic (exact) mass is 1150 g/mol. The summed E-state index contributed by atoms with van der Waals surface area (Å²) < 4.78 is 343. The molecule has 7 rings (SSSR count). The first-order valence-electron chi connectivity index (χ1n) is 22.5. The highest BCUT2D eigenvalue weighted by atomic mass is 19.4. The van der Waals surface area contributed by atoms with Gasteiger partial charge in [0.1, 0.15) is 6.15 Å². The van der Waals surface area contributed by atoms with E-state index in [1.165, 1.54) is 22.3 Å². The molecule has 0 amide bonds. The zero-order valence-corrected chi connectivity index (χ0v) is 39.8. The molecule has 0 spiro atoms. The zero-order valence-electron chi connectivity index (χ0n) is 39.8. The van der Waals surface area contributed by atoms with Crippen LogP contribution in [0.15, 0.2) is 152 Å². The highest BCUT2D eigenvalue weighted by molar-refractivity contribution is 7.20. The van der Waals surface area contributed by atoms with Gasteiger partial charge in [0.25, 0.3) is 0 Å². The van der Waals surface area contributed by atoms with Gasteiger partial charge in [-0.15, -0.1) is 0 Å². The average Bonchev–Trinajstić information content (AvgIpc) is 3.36. The number of halogens is 24. The Bertz CT molecular complexity index is 2810. The van der Waals surface area contributed by atoms with Crippen LogP contribution in [0.25, 0.3) is 11.1 Å². The van der Waals surface area contributed by atoms with Gasteiger partial charge in [-0.05, 0) is 46.9 Å². The quantitative estimate of drug-likeness (QED) is 0.0811. The van der Waals surface area contributed by atoms with E-state index in [4.69, 9.17) is 0 Å². The first kappa shape index (κ1) is 61.1. The molecule has 26 heteroatoms. The maximum absolute atomic E-state index is 14.2. The third-order valence-corrected chi connectivity index (χ3v) is 12.4. The summed E-state index contributed by atoms with van der Waals surface area (Å²) in [6, 6.07) is 15.0. The summed E-state index contributed by atoms with van der Waals surface area (Å²) in [5.41, 5.74) is -25.0. The standard InChI is InChI=1S/C32H12BF24.C21H22N/c34-25(35,36)13-1-14(26(37,38)39)6-21(5-13)33(22-7-15(27(40,41)42)2-16(8-22)28(43,44)45,23-9-17(29(46,47)48)3-18(10-23)30(49,50)51)24-11-19(31(52,53)54)4-20(12-24)32(55,56)57;1-17(2)19-8-10-20(11-9-19)21-12-14-22(15-13-21)16-18-6-4-3-5-7-18/h1-12H;3-15,17H,16H2,1-2H3/q-1;+1. The Morgan fingerprint density at radius 2 is 0.557 bits per heavy atom. The first-order valence-corrected chi connectivity index (χ1v) is 22.5. The summed E-state index contributed by atoms with van der Waals surface area (Å²) in [6.07, 6.45) is -50.5. The second-order valence-electron chi connectivity index (χ2n) is 18.2. The topological polar surface area (TPSA) is 3.88 Å². The van der Waals surface area contributed by atoms with Crippen molar-refractivity contribution in [2.24, 2.45) is 0 Å². The normalized spacial score (nSPS) is 13.4. The number of benzene rings is 6. The van der Waals surface area contributed by atoms with Gasteiger partial charge in [0.15, 0.2) is 18.9 Å². The first-order chi connectivity index (χ1) is 36.0. The Labute approximate surface area is 431 Å². The van der Waals surface area contributed by atoms with E-state index in [0.29, 0.717) is 5.92 Å². The molecule has 422 valence electrons. The van der Waals surface area contributed by atoms with E-state index in [9.17, 15) is 105 Å². The van der Waals surface area contributed by atoms with Crippen LogP contribution in [0.3, 0.4) is 0 Å². The van der Waals surface area contributed by atoms with Crippen LogP contribution in [0, 0.1) is 0 Å². The number of rotatable bonds is 8. The number of hydrogen-bond acceptors (Lipinski definition) is 0. The fraction of sp³-hybridized carbons (Fsp3) is 0.226. The summed E-state index contributed by atoms with van der Waals surface area (Å²) in [7, 11) is 0. The van der Waals surface area contributed by atoms with Crippen LogP contribution in [0.5, 0.6) is 0 Å². The van der Waals surface area contributed by atoms with Crippen molar-refractivity contribution in [2.75, 3.05) is 0 Å². The van der Waals surface area contributed by atoms with E-state index in [2.05, 4.69) is 97.5 Å². The van der Waals surface area contributed by atoms with Gasteiger partial charge in [-0.3, -0.25) is 0 Å². The summed E-state index contributed by atoms with van der Waals surface area (Å²) in [5, 5.41) is 0. The minimum Gasteiger partial charge on any atom is -0.201 e. The third-order valence-electron chi connectivity index (χ3n) is 12.4. The molecule has 0 unspecified atom stereocenters. The lowest BCUT2D eigenvalue weighted by atomic mass is 9.12. The maximum Gasteiger partial charge on any atom is 0.416 e. The fourth-order valence-electron chi connectivity index (χ4n) is 8.68. The molecule has 0 aliphatic rings. The molecule has 0 N–H and O–H groups in total. The van der Waals surface area contributed by atoms with E-state index in [1.54, 1.807) is 0 Å². The van der Waals surface area contributed by atoms with E-state index in [1.807, 2.05) is 0 Å². The minimum atomic E-state index is -6.13. The number of alkyl halides is 24. The van der Waals surface area contributed by atoms with Crippen LogP contribution in [-0.4, -0.2) is 6.15 Å². The van der Waals surface area contributed by atoms with Gasteiger partial charge in [0.05, 0.1) is 44.5 Å². The molecule has 0 aliphatic carbocycles. The molecule has 0 atom stereocenters. The number of nitrogens with zero attached hydrogens (tertiary/aromatic N) is 1. The van der Waals surface area contributed by atoms with Crippen molar-refractivity contribution in [3.8, 4) is 11.1 Å². The number of aromatic nitrogens is 1. The van der Waals surface area contributed by atoms with Crippen LogP contribution in [-0.2, 0) is 56.0 Å². The molecule has 0 fully saturated rings. The predicted octanol–water partition coefficient (Wildman–Crippen LogP) is 16.0. The number of hydrogen-bond donors (Lipinski definition) is 0. The molecular weight excluding hydrogens is 1120 g/mol. The molecule has 0 radical (unpaired) electrons. The van der Waals surface area contributed by atoms with Crippen LogP contribution in [0.4, 0.5) is 105 Å². The van der Waals surface area contributed by atoms with Crippen LogP contribution < -0.4 is 26.4 Å². The summed E-state index contributed by atoms with van der Waals surface area (Å²) in [5.74, 6) is 0.581. The van der Waals surface area contributed by atoms with Crippen molar-refractivity contribution >= 4 is 28.0 Å². The minimum absolute atomic E-state index is 0.581. The molecule has 0 bridgehead atoms. The molecule has 0 saturated carbocycles. The van der Waals surface area contributed by atoms with Crippen molar-refractivity contribution < 1.29 is 110 Å². The summed E-state index contributed by atoms with van der Waals surface area (Å²) in [4.78, 5) is 0. The lowest BCUT2D eigenvalue weighted by Gasteiger charge is -2.46. The van der Waals surface area contributed by atoms with Gasteiger partial charge in [0, 0.05) is 17.7 Å². The Hall–Kier alpha value is -7.15. The van der Waals surface area contributed by atoms with Crippen molar-refractivity contribution in [3.63, 3.8) is 0 Å². The van der Waals surface area contributed by atoms with E-state index in [0.717, 1.165) is 6.54 Å². The molecule has 79 heavy (non-hydrogen) atoms. The van der Waals surface area contributed by atoms with Crippen LogP contribution in [0.2, 0.25) is 0 Å². The highest BCUT2D eigenvalue weighted by Gasteiger charge is 2.47. The van der Waals surface area contributed by atoms with E-state index < -0.39 is 195 Å². The molecule has 0 aliphatic heterocycles. The third kappa shape index (κ3) is 14.4.